The second kappa shape index (κ2) is 9.13. The number of benzene rings is 1. The summed E-state index contributed by atoms with van der Waals surface area (Å²) in [6.07, 6.45) is -1.15. The zero-order valence-corrected chi connectivity index (χ0v) is 15.4. The number of Topliss-reactive ketones (excluding diaryl/α,β-unsaturated/α-hetero) is 1. The molecule has 6 nitrogen and oxygen atoms in total. The molecule has 134 valence electrons. The maximum atomic E-state index is 12.0. The number of amides is 1. The summed E-state index contributed by atoms with van der Waals surface area (Å²) in [6.45, 7) is 1.44. The number of nitrogens with zero attached hydrogens (tertiary/aromatic N) is 1. The molecule has 2 aromatic rings. The van der Waals surface area contributed by atoms with Crippen LogP contribution in [0.15, 0.2) is 36.4 Å². The number of nitrogens with one attached hydrogen (secondary N) is 1. The lowest BCUT2D eigenvalue weighted by atomic mass is 10.2. The van der Waals surface area contributed by atoms with Crippen molar-refractivity contribution in [3.8, 4) is 6.07 Å². The molecule has 1 aromatic carbocycles. The largest absolute Gasteiger partial charge is 0.453 e. The molecular formula is C18H15ClN2O4S. The van der Waals surface area contributed by atoms with Crippen LogP contribution in [0.25, 0.3) is 0 Å². The van der Waals surface area contributed by atoms with Crippen LogP contribution in [0.5, 0.6) is 0 Å². The number of halogens is 1. The number of nitriles is 1. The Kier molecular flexibility index (Phi) is 6.89. The Balaban J connectivity index is 1.79. The van der Waals surface area contributed by atoms with E-state index in [1.807, 2.05) is 6.07 Å². The molecule has 0 unspecified atom stereocenters. The van der Waals surface area contributed by atoms with E-state index >= 15 is 0 Å². The second-order valence-corrected chi connectivity index (χ2v) is 7.05. The predicted octanol–water partition coefficient (Wildman–Crippen LogP) is 3.81. The molecule has 1 heterocycles. The van der Waals surface area contributed by atoms with Gasteiger partial charge >= 0.3 is 5.97 Å². The maximum Gasteiger partial charge on any atom is 0.307 e. The van der Waals surface area contributed by atoms with Crippen molar-refractivity contribution < 1.29 is 19.1 Å². The van der Waals surface area contributed by atoms with Gasteiger partial charge in [0.15, 0.2) is 11.9 Å². The molecule has 0 aliphatic heterocycles. The number of esters is 1. The number of ketones is 1. The van der Waals surface area contributed by atoms with Crippen LogP contribution in [-0.4, -0.2) is 23.8 Å². The van der Waals surface area contributed by atoms with Crippen molar-refractivity contribution in [2.75, 3.05) is 5.32 Å². The van der Waals surface area contributed by atoms with Crippen molar-refractivity contribution in [2.45, 2.75) is 25.9 Å². The Labute approximate surface area is 159 Å². The molecule has 2 rings (SSSR count). The fourth-order valence-electron chi connectivity index (χ4n) is 1.98. The Bertz CT molecular complexity index is 855. The highest BCUT2D eigenvalue weighted by Gasteiger charge is 2.19. The molecule has 1 N–H and O–H groups in total. The highest BCUT2D eigenvalue weighted by Crippen LogP contribution is 2.23. The third-order valence-corrected chi connectivity index (χ3v) is 4.64. The van der Waals surface area contributed by atoms with Crippen LogP contribution in [0, 0.1) is 11.3 Å². The van der Waals surface area contributed by atoms with Crippen LogP contribution in [0.4, 0.5) is 5.69 Å². The second-order valence-electron chi connectivity index (χ2n) is 5.34. The Morgan fingerprint density at radius 1 is 1.19 bits per heavy atom. The fraction of sp³-hybridized carbons (Fsp3) is 0.222. The average Bonchev–Trinajstić information content (AvgIpc) is 3.06. The lowest BCUT2D eigenvalue weighted by Crippen LogP contribution is -2.30. The lowest BCUT2D eigenvalue weighted by Gasteiger charge is -2.13. The summed E-state index contributed by atoms with van der Waals surface area (Å²) >= 11 is 6.92. The van der Waals surface area contributed by atoms with Gasteiger partial charge in [0, 0.05) is 12.1 Å². The van der Waals surface area contributed by atoms with E-state index in [-0.39, 0.29) is 18.6 Å². The van der Waals surface area contributed by atoms with Crippen LogP contribution in [0.3, 0.4) is 0 Å². The number of anilines is 1. The summed E-state index contributed by atoms with van der Waals surface area (Å²) in [4.78, 5) is 36.3. The highest BCUT2D eigenvalue weighted by atomic mass is 35.5. The minimum atomic E-state index is -1.01. The minimum Gasteiger partial charge on any atom is -0.453 e. The van der Waals surface area contributed by atoms with Gasteiger partial charge in [-0.25, -0.2) is 0 Å². The first-order valence-electron chi connectivity index (χ1n) is 7.68. The van der Waals surface area contributed by atoms with Gasteiger partial charge in [-0.1, -0.05) is 11.6 Å². The van der Waals surface area contributed by atoms with Crippen LogP contribution in [0.2, 0.25) is 4.34 Å². The van der Waals surface area contributed by atoms with Gasteiger partial charge in [-0.15, -0.1) is 11.3 Å². The third-order valence-electron chi connectivity index (χ3n) is 3.36. The van der Waals surface area contributed by atoms with Crippen LogP contribution in [-0.2, 0) is 14.3 Å². The van der Waals surface area contributed by atoms with E-state index in [4.69, 9.17) is 21.6 Å². The van der Waals surface area contributed by atoms with Crippen molar-refractivity contribution in [3.05, 3.63) is 51.2 Å². The molecule has 0 saturated heterocycles. The summed E-state index contributed by atoms with van der Waals surface area (Å²) in [5.41, 5.74) is 0.959. The van der Waals surface area contributed by atoms with E-state index in [1.165, 1.54) is 6.92 Å². The van der Waals surface area contributed by atoms with Crippen molar-refractivity contribution in [3.63, 3.8) is 0 Å². The molecule has 8 heteroatoms. The summed E-state index contributed by atoms with van der Waals surface area (Å²) < 4.78 is 5.55. The lowest BCUT2D eigenvalue weighted by molar-refractivity contribution is -0.153. The zero-order valence-electron chi connectivity index (χ0n) is 13.8. The van der Waals surface area contributed by atoms with Crippen LogP contribution < -0.4 is 5.32 Å². The monoisotopic (exact) mass is 390 g/mol. The number of rotatable bonds is 7. The normalized spacial score (nSPS) is 11.3. The van der Waals surface area contributed by atoms with Gasteiger partial charge in [-0.3, -0.25) is 14.4 Å². The summed E-state index contributed by atoms with van der Waals surface area (Å²) in [7, 11) is 0. The molecule has 0 aliphatic rings. The smallest absolute Gasteiger partial charge is 0.307 e. The van der Waals surface area contributed by atoms with Gasteiger partial charge in [-0.2, -0.15) is 5.26 Å². The topological polar surface area (TPSA) is 96.3 Å². The van der Waals surface area contributed by atoms with E-state index < -0.39 is 18.0 Å². The molecule has 1 atom stereocenters. The Hall–Kier alpha value is -2.69. The molecule has 0 spiro atoms. The quantitative estimate of drug-likeness (QED) is 0.572. The van der Waals surface area contributed by atoms with Crippen LogP contribution >= 0.6 is 22.9 Å². The standard InChI is InChI=1S/C18H15ClN2O4S/c1-11(18(24)21-13-4-2-12(10-20)3-5-13)25-17(23)9-6-14(22)15-7-8-16(19)26-15/h2-5,7-8,11H,6,9H2,1H3,(H,21,24)/t11-/m0/s1. The summed E-state index contributed by atoms with van der Waals surface area (Å²) in [5, 5.41) is 11.3. The van der Waals surface area contributed by atoms with E-state index in [0.717, 1.165) is 11.3 Å². The number of carbonyl (C=O) groups excluding carboxylic acids is 3. The van der Waals surface area contributed by atoms with Crippen molar-refractivity contribution >= 4 is 46.3 Å². The average molecular weight is 391 g/mol. The van der Waals surface area contributed by atoms with Crippen LogP contribution in [0.1, 0.15) is 35.0 Å². The maximum absolute atomic E-state index is 12.0. The van der Waals surface area contributed by atoms with E-state index in [0.29, 0.717) is 20.5 Å². The molecule has 0 saturated carbocycles. The van der Waals surface area contributed by atoms with Crippen molar-refractivity contribution in [1.82, 2.24) is 0 Å². The number of hydrogen-bond donors (Lipinski definition) is 1. The first kappa shape index (κ1) is 19.6. The molecule has 0 aliphatic carbocycles. The SMILES string of the molecule is C[C@H](OC(=O)CCC(=O)c1ccc(Cl)s1)C(=O)Nc1ccc(C#N)cc1. The number of carbonyl (C=O) groups is 3. The van der Waals surface area contributed by atoms with Gasteiger partial charge in [0.1, 0.15) is 0 Å². The molecule has 0 bridgehead atoms. The predicted molar refractivity (Wildman–Crippen MR) is 98.2 cm³/mol. The van der Waals surface area contributed by atoms with Gasteiger partial charge in [0.25, 0.3) is 5.91 Å². The summed E-state index contributed by atoms with van der Waals surface area (Å²) in [5.74, 6) is -1.34. The van der Waals surface area contributed by atoms with E-state index in [1.54, 1.807) is 36.4 Å². The molecule has 1 aromatic heterocycles. The molecule has 26 heavy (non-hydrogen) atoms. The molecule has 0 fully saturated rings. The number of thiophene rings is 1. The Morgan fingerprint density at radius 3 is 2.46 bits per heavy atom. The fourth-order valence-corrected chi connectivity index (χ4v) is 3.00. The van der Waals surface area contributed by atoms with E-state index in [9.17, 15) is 14.4 Å². The summed E-state index contributed by atoms with van der Waals surface area (Å²) in [6, 6.07) is 11.5. The third kappa shape index (κ3) is 5.69. The van der Waals surface area contributed by atoms with Gasteiger partial charge in [0.2, 0.25) is 0 Å². The first-order chi connectivity index (χ1) is 12.4. The van der Waals surface area contributed by atoms with Crippen molar-refractivity contribution in [2.24, 2.45) is 0 Å². The Morgan fingerprint density at radius 2 is 1.88 bits per heavy atom. The zero-order chi connectivity index (χ0) is 19.1. The number of ether oxygens (including phenoxy) is 1. The molecule has 0 radical (unpaired) electrons. The molecule has 1 amide bonds. The minimum absolute atomic E-state index is 0.0142. The van der Waals surface area contributed by atoms with E-state index in [2.05, 4.69) is 5.32 Å². The highest BCUT2D eigenvalue weighted by molar-refractivity contribution is 7.18. The van der Waals surface area contributed by atoms with Gasteiger partial charge in [0.05, 0.1) is 27.3 Å². The van der Waals surface area contributed by atoms with Gasteiger partial charge in [-0.05, 0) is 43.3 Å². The molecular weight excluding hydrogens is 376 g/mol. The van der Waals surface area contributed by atoms with Gasteiger partial charge < -0.3 is 10.1 Å². The van der Waals surface area contributed by atoms with Crippen molar-refractivity contribution in [1.29, 1.82) is 5.26 Å². The first-order valence-corrected chi connectivity index (χ1v) is 8.87. The number of hydrogen-bond acceptors (Lipinski definition) is 6.